The van der Waals surface area contributed by atoms with Gasteiger partial charge in [-0.1, -0.05) is 20.8 Å². The summed E-state index contributed by atoms with van der Waals surface area (Å²) in [6.07, 6.45) is -0.701. The van der Waals surface area contributed by atoms with Crippen LogP contribution in [0, 0.1) is 11.8 Å². The average Bonchev–Trinajstić information content (AvgIpc) is 2.54. The van der Waals surface area contributed by atoms with E-state index in [4.69, 9.17) is 4.74 Å². The molecule has 3 N–H and O–H groups in total. The minimum atomic E-state index is -0.701. The van der Waals surface area contributed by atoms with Crippen LogP contribution in [0.5, 0.6) is 11.5 Å². The monoisotopic (exact) mass is 322 g/mol. The Bertz CT molecular complexity index is 487. The van der Waals surface area contributed by atoms with Gasteiger partial charge in [-0.05, 0) is 30.0 Å². The van der Waals surface area contributed by atoms with E-state index in [0.717, 1.165) is 32.7 Å². The molecule has 0 spiro atoms. The van der Waals surface area contributed by atoms with E-state index in [1.165, 1.54) is 0 Å². The molecule has 0 aliphatic carbocycles. The van der Waals surface area contributed by atoms with Crippen LogP contribution in [0.15, 0.2) is 18.2 Å². The van der Waals surface area contributed by atoms with Crippen LogP contribution in [0.25, 0.3) is 0 Å². The molecule has 0 aromatic heterocycles. The summed E-state index contributed by atoms with van der Waals surface area (Å²) in [7, 11) is 0. The number of piperazine rings is 1. The first kappa shape index (κ1) is 18.0. The predicted molar refractivity (Wildman–Crippen MR) is 91.9 cm³/mol. The number of rotatable bonds is 7. The second-order valence-corrected chi connectivity index (χ2v) is 6.90. The Hall–Kier alpha value is -1.30. The summed E-state index contributed by atoms with van der Waals surface area (Å²) in [5.41, 5.74) is 0.550. The Balaban J connectivity index is 2.01. The van der Waals surface area contributed by atoms with Crippen LogP contribution in [0.4, 0.5) is 0 Å². The summed E-state index contributed by atoms with van der Waals surface area (Å²) < 4.78 is 5.70. The maximum atomic E-state index is 10.6. The standard InChI is InChI=1S/C18H30N2O3/c1-13(2)12-23-15-4-5-17(21)16(10-15)18(22)14(3)11-20-8-6-19-7-9-20/h4-5,10,13-14,18-19,21-22H,6-9,11-12H2,1-3H3. The molecule has 1 saturated heterocycles. The van der Waals surface area contributed by atoms with E-state index in [2.05, 4.69) is 24.1 Å². The number of aromatic hydroxyl groups is 1. The zero-order valence-corrected chi connectivity index (χ0v) is 14.5. The van der Waals surface area contributed by atoms with E-state index in [0.29, 0.717) is 23.8 Å². The van der Waals surface area contributed by atoms with Gasteiger partial charge in [0, 0.05) is 38.3 Å². The Morgan fingerprint density at radius 3 is 2.57 bits per heavy atom. The van der Waals surface area contributed by atoms with Crippen molar-refractivity contribution in [3.63, 3.8) is 0 Å². The van der Waals surface area contributed by atoms with Gasteiger partial charge in [-0.2, -0.15) is 0 Å². The predicted octanol–water partition coefficient (Wildman–Crippen LogP) is 2.00. The fourth-order valence-corrected chi connectivity index (χ4v) is 2.83. The molecule has 1 aliphatic rings. The van der Waals surface area contributed by atoms with Crippen LogP contribution < -0.4 is 10.1 Å². The summed E-state index contributed by atoms with van der Waals surface area (Å²) in [5, 5.41) is 24.1. The van der Waals surface area contributed by atoms with Gasteiger partial charge >= 0.3 is 0 Å². The second-order valence-electron chi connectivity index (χ2n) is 6.90. The highest BCUT2D eigenvalue weighted by Gasteiger charge is 2.23. The first-order chi connectivity index (χ1) is 11.0. The van der Waals surface area contributed by atoms with Crippen molar-refractivity contribution in [3.8, 4) is 11.5 Å². The minimum Gasteiger partial charge on any atom is -0.508 e. The van der Waals surface area contributed by atoms with E-state index < -0.39 is 6.10 Å². The highest BCUT2D eigenvalue weighted by atomic mass is 16.5. The fraction of sp³-hybridized carbons (Fsp3) is 0.667. The van der Waals surface area contributed by atoms with E-state index in [1.807, 2.05) is 6.92 Å². The van der Waals surface area contributed by atoms with E-state index in [1.54, 1.807) is 18.2 Å². The van der Waals surface area contributed by atoms with Crippen molar-refractivity contribution in [2.24, 2.45) is 11.8 Å². The third-order valence-electron chi connectivity index (χ3n) is 4.20. The highest BCUT2D eigenvalue weighted by molar-refractivity contribution is 5.41. The Morgan fingerprint density at radius 1 is 1.22 bits per heavy atom. The van der Waals surface area contributed by atoms with E-state index in [-0.39, 0.29) is 11.7 Å². The zero-order chi connectivity index (χ0) is 16.8. The molecule has 2 unspecified atom stereocenters. The van der Waals surface area contributed by atoms with Crippen LogP contribution in [-0.2, 0) is 0 Å². The van der Waals surface area contributed by atoms with Crippen molar-refractivity contribution in [2.75, 3.05) is 39.3 Å². The molecule has 5 heteroatoms. The number of phenolic OH excluding ortho intramolecular Hbond substituents is 1. The molecule has 1 aromatic carbocycles. The number of aliphatic hydroxyl groups excluding tert-OH is 1. The van der Waals surface area contributed by atoms with Gasteiger partial charge in [0.05, 0.1) is 12.7 Å². The van der Waals surface area contributed by atoms with Gasteiger partial charge in [0.2, 0.25) is 0 Å². The number of nitrogens with one attached hydrogen (secondary N) is 1. The molecule has 1 heterocycles. The Labute approximate surface area is 139 Å². The second kappa shape index (κ2) is 8.52. The molecular weight excluding hydrogens is 292 g/mol. The van der Waals surface area contributed by atoms with Crippen molar-refractivity contribution in [1.82, 2.24) is 10.2 Å². The van der Waals surface area contributed by atoms with E-state index in [9.17, 15) is 10.2 Å². The van der Waals surface area contributed by atoms with Gasteiger partial charge in [0.1, 0.15) is 11.5 Å². The summed E-state index contributed by atoms with van der Waals surface area (Å²) >= 11 is 0. The average molecular weight is 322 g/mol. The van der Waals surface area contributed by atoms with Gasteiger partial charge in [-0.15, -0.1) is 0 Å². The van der Waals surface area contributed by atoms with Crippen molar-refractivity contribution in [1.29, 1.82) is 0 Å². The maximum Gasteiger partial charge on any atom is 0.121 e. The highest BCUT2D eigenvalue weighted by Crippen LogP contribution is 2.33. The van der Waals surface area contributed by atoms with Gasteiger partial charge in [0.15, 0.2) is 0 Å². The van der Waals surface area contributed by atoms with Gasteiger partial charge in [0.25, 0.3) is 0 Å². The molecular formula is C18H30N2O3. The van der Waals surface area contributed by atoms with Crippen molar-refractivity contribution >= 4 is 0 Å². The van der Waals surface area contributed by atoms with Crippen LogP contribution >= 0.6 is 0 Å². The number of hydrogen-bond donors (Lipinski definition) is 3. The fourth-order valence-electron chi connectivity index (χ4n) is 2.83. The smallest absolute Gasteiger partial charge is 0.121 e. The van der Waals surface area contributed by atoms with Crippen molar-refractivity contribution in [3.05, 3.63) is 23.8 Å². The third-order valence-corrected chi connectivity index (χ3v) is 4.20. The molecule has 1 fully saturated rings. The van der Waals surface area contributed by atoms with Gasteiger partial charge in [-0.3, -0.25) is 0 Å². The number of benzene rings is 1. The molecule has 0 bridgehead atoms. The molecule has 0 radical (unpaired) electrons. The summed E-state index contributed by atoms with van der Waals surface area (Å²) in [4.78, 5) is 2.35. The van der Waals surface area contributed by atoms with Gasteiger partial charge in [-0.25, -0.2) is 0 Å². The molecule has 2 atom stereocenters. The lowest BCUT2D eigenvalue weighted by Gasteiger charge is -2.31. The van der Waals surface area contributed by atoms with Crippen LogP contribution in [-0.4, -0.2) is 54.4 Å². The lowest BCUT2D eigenvalue weighted by atomic mass is 9.95. The number of ether oxygens (including phenoxy) is 1. The first-order valence-corrected chi connectivity index (χ1v) is 8.54. The summed E-state index contributed by atoms with van der Waals surface area (Å²) in [6, 6.07) is 5.11. The summed E-state index contributed by atoms with van der Waals surface area (Å²) in [6.45, 7) is 11.6. The lowest BCUT2D eigenvalue weighted by molar-refractivity contribution is 0.0820. The number of aliphatic hydroxyl groups is 1. The molecule has 0 saturated carbocycles. The van der Waals surface area contributed by atoms with Crippen LogP contribution in [0.3, 0.4) is 0 Å². The summed E-state index contributed by atoms with van der Waals surface area (Å²) in [5.74, 6) is 1.30. The molecule has 130 valence electrons. The normalized spacial score (nSPS) is 18.8. The number of phenols is 1. The van der Waals surface area contributed by atoms with Crippen LogP contribution in [0.2, 0.25) is 0 Å². The van der Waals surface area contributed by atoms with Crippen molar-refractivity contribution in [2.45, 2.75) is 26.9 Å². The molecule has 1 aromatic rings. The number of hydrogen-bond acceptors (Lipinski definition) is 5. The van der Waals surface area contributed by atoms with E-state index >= 15 is 0 Å². The molecule has 1 aliphatic heterocycles. The molecule has 5 nitrogen and oxygen atoms in total. The van der Waals surface area contributed by atoms with Gasteiger partial charge < -0.3 is 25.2 Å². The quantitative estimate of drug-likeness (QED) is 0.717. The first-order valence-electron chi connectivity index (χ1n) is 8.54. The third kappa shape index (κ3) is 5.37. The molecule has 2 rings (SSSR count). The molecule has 23 heavy (non-hydrogen) atoms. The topological polar surface area (TPSA) is 65.0 Å². The zero-order valence-electron chi connectivity index (χ0n) is 14.5. The van der Waals surface area contributed by atoms with Crippen molar-refractivity contribution < 1.29 is 14.9 Å². The number of nitrogens with zero attached hydrogens (tertiary/aromatic N) is 1. The largest absolute Gasteiger partial charge is 0.508 e. The molecule has 0 amide bonds. The SMILES string of the molecule is CC(C)COc1ccc(O)c(C(O)C(C)CN2CCNCC2)c1. The minimum absolute atomic E-state index is 0.0411. The van der Waals surface area contributed by atoms with Crippen LogP contribution in [0.1, 0.15) is 32.4 Å². The lowest BCUT2D eigenvalue weighted by Crippen LogP contribution is -2.45. The Morgan fingerprint density at radius 2 is 1.91 bits per heavy atom. The maximum absolute atomic E-state index is 10.6. The Kier molecular flexibility index (Phi) is 6.69.